The van der Waals surface area contributed by atoms with Crippen molar-refractivity contribution in [2.75, 3.05) is 0 Å². The van der Waals surface area contributed by atoms with E-state index in [9.17, 15) is 19.5 Å². The monoisotopic (exact) mass is 476 g/mol. The van der Waals surface area contributed by atoms with Crippen molar-refractivity contribution in [3.63, 3.8) is 0 Å². The van der Waals surface area contributed by atoms with Crippen molar-refractivity contribution in [1.29, 1.82) is 0 Å². The minimum Gasteiger partial charge on any atom is -0.480 e. The molecule has 1 aromatic heterocycles. The molecular weight excluding hydrogens is 457 g/mol. The van der Waals surface area contributed by atoms with Gasteiger partial charge in [0.15, 0.2) is 0 Å². The minimum absolute atomic E-state index is 0. The third-order valence-corrected chi connectivity index (χ3v) is 7.08. The number of benzene rings is 1. The van der Waals surface area contributed by atoms with Gasteiger partial charge in [0, 0.05) is 39.9 Å². The number of carboxylic acid groups (broad SMARTS) is 1. The second-order valence-electron chi connectivity index (χ2n) is 7.49. The predicted molar refractivity (Wildman–Crippen MR) is 116 cm³/mol. The van der Waals surface area contributed by atoms with E-state index in [4.69, 9.17) is 16.1 Å². The summed E-state index contributed by atoms with van der Waals surface area (Å²) < 4.78 is 4.54. The van der Waals surface area contributed by atoms with Gasteiger partial charge < -0.3 is 25.3 Å². The number of carbonyl (C=O) groups is 3. The van der Waals surface area contributed by atoms with Crippen LogP contribution in [0.25, 0.3) is 11.3 Å². The second kappa shape index (κ2) is 9.13. The van der Waals surface area contributed by atoms with E-state index in [1.165, 1.54) is 16.7 Å². The van der Waals surface area contributed by atoms with Crippen molar-refractivity contribution >= 4 is 70.7 Å². The molecule has 0 saturated carbocycles. The molecule has 161 valence electrons. The van der Waals surface area contributed by atoms with Crippen LogP contribution in [0.2, 0.25) is 5.02 Å². The molecule has 2 fully saturated rings. The average Bonchev–Trinajstić information content (AvgIpc) is 3.15. The molecule has 2 saturated heterocycles. The Morgan fingerprint density at radius 3 is 2.58 bits per heavy atom. The van der Waals surface area contributed by atoms with Gasteiger partial charge in [-0.15, -0.1) is 11.8 Å². The van der Waals surface area contributed by atoms with Gasteiger partial charge in [-0.25, -0.2) is 4.79 Å². The number of β-lactam (4-membered cyclic amide) rings is 1. The summed E-state index contributed by atoms with van der Waals surface area (Å²) in [5, 5.41) is 16.2. The number of halogens is 1. The largest absolute Gasteiger partial charge is 0.480 e. The van der Waals surface area contributed by atoms with Crippen molar-refractivity contribution in [3.8, 4) is 11.3 Å². The summed E-state index contributed by atoms with van der Waals surface area (Å²) in [4.78, 5) is 38.6. The number of nitrogens with zero attached hydrogens (tertiary/aromatic N) is 2. The number of nitrogens with one attached hydrogen (secondary N) is 1. The summed E-state index contributed by atoms with van der Waals surface area (Å²) >= 11 is 7.59. The molecule has 12 heteroatoms. The zero-order valence-corrected chi connectivity index (χ0v) is 20.9. The Labute approximate surface area is 209 Å². The minimum atomic E-state index is -1.06. The predicted octanol–water partition coefficient (Wildman–Crippen LogP) is 1.34. The van der Waals surface area contributed by atoms with Gasteiger partial charge in [0.25, 0.3) is 5.91 Å². The van der Waals surface area contributed by atoms with Gasteiger partial charge >= 0.3 is 5.97 Å². The zero-order valence-electron chi connectivity index (χ0n) is 17.3. The normalized spacial score (nSPS) is 23.2. The van der Waals surface area contributed by atoms with E-state index >= 15 is 0 Å². The number of amides is 2. The fraction of sp³-hybridized carbons (Fsp3) is 0.368. The van der Waals surface area contributed by atoms with E-state index < -0.39 is 40.0 Å². The first-order valence-corrected chi connectivity index (χ1v) is 10.1. The van der Waals surface area contributed by atoms with Gasteiger partial charge in [0.2, 0.25) is 5.91 Å². The van der Waals surface area contributed by atoms with E-state index in [1.807, 2.05) is 0 Å². The number of carboxylic acids is 1. The molecule has 2 aliphatic rings. The van der Waals surface area contributed by atoms with Crippen LogP contribution in [-0.2, 0) is 9.59 Å². The van der Waals surface area contributed by atoms with Crippen LogP contribution >= 0.6 is 23.4 Å². The maximum atomic E-state index is 13.0. The summed E-state index contributed by atoms with van der Waals surface area (Å²) in [6.45, 7) is 5.16. The molecule has 2 aromatic rings. The Bertz CT molecular complexity index is 1050. The van der Waals surface area contributed by atoms with Crippen molar-refractivity contribution in [2.45, 2.75) is 43.0 Å². The fourth-order valence-corrected chi connectivity index (χ4v) is 5.69. The molecule has 0 aliphatic carbocycles. The van der Waals surface area contributed by atoms with Gasteiger partial charge in [-0.3, -0.25) is 9.59 Å². The second-order valence-corrected chi connectivity index (χ2v) is 9.67. The topological polar surface area (TPSA) is 144 Å². The van der Waals surface area contributed by atoms with Crippen molar-refractivity contribution in [1.82, 2.24) is 15.4 Å². The summed E-state index contributed by atoms with van der Waals surface area (Å²) in [6.07, 6.45) is 0. The number of thioether (sulfide) groups is 1. The summed E-state index contributed by atoms with van der Waals surface area (Å²) in [5.74, 6) is -1.70. The van der Waals surface area contributed by atoms with Crippen LogP contribution in [0.1, 0.15) is 30.0 Å². The molecule has 3 heterocycles. The Morgan fingerprint density at radius 2 is 1.97 bits per heavy atom. The Hall–Kier alpha value is -1.56. The van der Waals surface area contributed by atoms with Crippen LogP contribution in [-0.4, -0.2) is 90.2 Å². The molecule has 1 aromatic carbocycles. The molecule has 0 bridgehead atoms. The fourth-order valence-electron chi connectivity index (χ4n) is 3.84. The third kappa shape index (κ3) is 4.12. The number of rotatable bonds is 4. The average molecular weight is 477 g/mol. The van der Waals surface area contributed by atoms with Crippen LogP contribution in [0.5, 0.6) is 0 Å². The first-order chi connectivity index (χ1) is 13.6. The molecular formula is C19H20ClN3NaO6S. The van der Waals surface area contributed by atoms with Crippen molar-refractivity contribution in [3.05, 3.63) is 40.6 Å². The van der Waals surface area contributed by atoms with Crippen LogP contribution in [0.15, 0.2) is 28.8 Å². The van der Waals surface area contributed by atoms with E-state index in [-0.39, 0.29) is 46.3 Å². The van der Waals surface area contributed by atoms with Gasteiger partial charge in [-0.1, -0.05) is 35.0 Å². The maximum Gasteiger partial charge on any atom is 0.327 e. The number of fused-ring (bicyclic) bond motifs is 1. The zero-order chi connectivity index (χ0) is 21.1. The number of aliphatic carboxylic acids is 1. The molecule has 4 N–H and O–H groups in total. The van der Waals surface area contributed by atoms with Gasteiger partial charge in [0.1, 0.15) is 34.5 Å². The van der Waals surface area contributed by atoms with E-state index in [0.717, 1.165) is 0 Å². The number of aryl methyl sites for hydroxylation is 1. The number of hydrogen-bond donors (Lipinski definition) is 2. The Balaban J connectivity index is 0.00000171. The molecule has 9 nitrogen and oxygen atoms in total. The summed E-state index contributed by atoms with van der Waals surface area (Å²) in [7, 11) is 0. The van der Waals surface area contributed by atoms with Crippen LogP contribution in [0.3, 0.4) is 0 Å². The first kappa shape index (κ1) is 25.7. The van der Waals surface area contributed by atoms with Gasteiger partial charge in [0.05, 0.1) is 5.02 Å². The maximum absolute atomic E-state index is 13.0. The molecule has 3 unspecified atom stereocenters. The smallest absolute Gasteiger partial charge is 0.327 e. The molecule has 1 radical (unpaired) electrons. The van der Waals surface area contributed by atoms with Crippen LogP contribution < -0.4 is 5.32 Å². The summed E-state index contributed by atoms with van der Waals surface area (Å²) in [6, 6.07) is 5.18. The van der Waals surface area contributed by atoms with Gasteiger partial charge in [-0.2, -0.15) is 0 Å². The van der Waals surface area contributed by atoms with Gasteiger partial charge in [-0.05, 0) is 26.8 Å². The molecule has 31 heavy (non-hydrogen) atoms. The Kier molecular flexibility index (Phi) is 7.57. The summed E-state index contributed by atoms with van der Waals surface area (Å²) in [5.41, 5.74) is 1.03. The Morgan fingerprint density at radius 1 is 1.32 bits per heavy atom. The van der Waals surface area contributed by atoms with E-state index in [2.05, 4.69) is 10.5 Å². The van der Waals surface area contributed by atoms with Crippen molar-refractivity contribution < 1.29 is 29.5 Å². The molecule has 4 rings (SSSR count). The first-order valence-electron chi connectivity index (χ1n) is 8.88. The van der Waals surface area contributed by atoms with E-state index in [0.29, 0.717) is 16.3 Å². The quantitative estimate of drug-likeness (QED) is 0.500. The van der Waals surface area contributed by atoms with Crippen LogP contribution in [0, 0.1) is 6.92 Å². The SMILES string of the molecule is Cc1onc(-c2ccccc2Cl)c1C(=O)NC1C(=O)N2C1SC(C)(C)C2C(=O)O.O.[Na]. The van der Waals surface area contributed by atoms with Crippen molar-refractivity contribution in [2.24, 2.45) is 0 Å². The molecule has 2 aliphatic heterocycles. The van der Waals surface area contributed by atoms with Crippen LogP contribution in [0.4, 0.5) is 0 Å². The molecule has 3 atom stereocenters. The third-order valence-electron chi connectivity index (χ3n) is 5.18. The van der Waals surface area contributed by atoms with E-state index in [1.54, 1.807) is 45.0 Å². The number of hydrogen-bond acceptors (Lipinski definition) is 6. The standard InChI is InChI=1S/C19H18ClN3O5S.Na.H2O/c1-8-11(12(22-28-8)9-6-4-5-7-10(9)20)15(24)21-13-16(25)23-14(18(26)27)19(2,3)29-17(13)23;;/h4-7,13-14,17H,1-3H3,(H,21,24)(H,26,27);;1H2. The number of aromatic nitrogens is 1. The molecule has 0 spiro atoms. The number of carbonyl (C=O) groups excluding carboxylic acids is 2. The molecule has 2 amide bonds.